The Bertz CT molecular complexity index is 639. The molecular weight excluding hydrogens is 286 g/mol. The Hall–Kier alpha value is -2.57. The van der Waals surface area contributed by atoms with Crippen molar-refractivity contribution in [2.75, 3.05) is 14.2 Å². The topological polar surface area (TPSA) is 86.5 Å². The predicted octanol–water partition coefficient (Wildman–Crippen LogP) is 1.97. The van der Waals surface area contributed by atoms with Crippen LogP contribution in [0.25, 0.3) is 0 Å². The fourth-order valence-electron chi connectivity index (χ4n) is 1.92. The van der Waals surface area contributed by atoms with Crippen LogP contribution in [-0.2, 0) is 13.0 Å². The van der Waals surface area contributed by atoms with Crippen LogP contribution in [0.15, 0.2) is 22.7 Å². The smallest absolute Gasteiger partial charge is 0.251 e. The van der Waals surface area contributed by atoms with Gasteiger partial charge in [0.05, 0.1) is 20.8 Å². The second-order valence-electron chi connectivity index (χ2n) is 4.61. The number of carbonyl (C=O) groups excluding carboxylic acids is 1. The lowest BCUT2D eigenvalue weighted by molar-refractivity contribution is 0.0949. The molecular formula is C15H19N3O4. The third kappa shape index (κ3) is 3.75. The molecule has 0 bridgehead atoms. The first kappa shape index (κ1) is 15.8. The number of nitrogens with one attached hydrogen (secondary N) is 1. The Labute approximate surface area is 128 Å². The molecule has 0 spiro atoms. The average Bonchev–Trinajstić information content (AvgIpc) is 2.99. The predicted molar refractivity (Wildman–Crippen MR) is 79.0 cm³/mol. The molecule has 0 aliphatic heterocycles. The first-order valence-electron chi connectivity index (χ1n) is 6.99. The minimum atomic E-state index is -0.247. The molecule has 2 rings (SSSR count). The van der Waals surface area contributed by atoms with Gasteiger partial charge in [-0.25, -0.2) is 0 Å². The first-order valence-corrected chi connectivity index (χ1v) is 6.99. The number of hydrogen-bond donors (Lipinski definition) is 1. The van der Waals surface area contributed by atoms with Crippen LogP contribution in [-0.4, -0.2) is 30.3 Å². The molecule has 0 radical (unpaired) electrons. The van der Waals surface area contributed by atoms with E-state index in [-0.39, 0.29) is 12.5 Å². The van der Waals surface area contributed by atoms with E-state index in [1.54, 1.807) is 25.3 Å². The number of hydrogen-bond acceptors (Lipinski definition) is 6. The van der Waals surface area contributed by atoms with Gasteiger partial charge in [0, 0.05) is 12.0 Å². The molecule has 0 atom stereocenters. The summed E-state index contributed by atoms with van der Waals surface area (Å²) in [5.41, 5.74) is 0.468. The van der Waals surface area contributed by atoms with Crippen LogP contribution in [0.5, 0.6) is 11.5 Å². The molecule has 7 nitrogen and oxygen atoms in total. The zero-order chi connectivity index (χ0) is 15.9. The molecule has 0 saturated heterocycles. The van der Waals surface area contributed by atoms with Crippen molar-refractivity contribution in [1.82, 2.24) is 15.5 Å². The summed E-state index contributed by atoms with van der Waals surface area (Å²) in [6, 6.07) is 4.96. The second-order valence-corrected chi connectivity index (χ2v) is 4.61. The van der Waals surface area contributed by atoms with Crippen molar-refractivity contribution < 1.29 is 18.8 Å². The largest absolute Gasteiger partial charge is 0.493 e. The molecule has 1 amide bonds. The molecule has 0 saturated carbocycles. The van der Waals surface area contributed by atoms with Crippen LogP contribution >= 0.6 is 0 Å². The van der Waals surface area contributed by atoms with Gasteiger partial charge in [0.25, 0.3) is 5.91 Å². The van der Waals surface area contributed by atoms with Gasteiger partial charge in [-0.1, -0.05) is 12.1 Å². The van der Waals surface area contributed by atoms with E-state index < -0.39 is 0 Å². The fourth-order valence-corrected chi connectivity index (χ4v) is 1.92. The Morgan fingerprint density at radius 1 is 1.27 bits per heavy atom. The summed E-state index contributed by atoms with van der Waals surface area (Å²) in [4.78, 5) is 16.3. The van der Waals surface area contributed by atoms with E-state index in [0.29, 0.717) is 28.8 Å². The number of benzene rings is 1. The van der Waals surface area contributed by atoms with Crippen LogP contribution in [0.4, 0.5) is 0 Å². The van der Waals surface area contributed by atoms with E-state index >= 15 is 0 Å². The van der Waals surface area contributed by atoms with Crippen LogP contribution in [0, 0.1) is 0 Å². The SMILES string of the molecule is CCCc1nc(CNC(=O)c2ccc(OC)c(OC)c2)no1. The number of amides is 1. The molecule has 22 heavy (non-hydrogen) atoms. The van der Waals surface area contributed by atoms with Gasteiger partial charge in [0.2, 0.25) is 5.89 Å². The molecule has 7 heteroatoms. The highest BCUT2D eigenvalue weighted by atomic mass is 16.5. The van der Waals surface area contributed by atoms with Crippen molar-refractivity contribution in [3.63, 3.8) is 0 Å². The Morgan fingerprint density at radius 2 is 2.05 bits per heavy atom. The van der Waals surface area contributed by atoms with Gasteiger partial charge in [-0.3, -0.25) is 4.79 Å². The van der Waals surface area contributed by atoms with E-state index in [1.165, 1.54) is 7.11 Å². The number of nitrogens with zero attached hydrogens (tertiary/aromatic N) is 2. The monoisotopic (exact) mass is 305 g/mol. The third-order valence-electron chi connectivity index (χ3n) is 3.03. The Kier molecular flexibility index (Phi) is 5.35. The maximum atomic E-state index is 12.1. The molecule has 1 heterocycles. The minimum Gasteiger partial charge on any atom is -0.493 e. The van der Waals surface area contributed by atoms with Gasteiger partial charge in [0.15, 0.2) is 17.3 Å². The molecule has 0 unspecified atom stereocenters. The third-order valence-corrected chi connectivity index (χ3v) is 3.03. The Morgan fingerprint density at radius 3 is 2.73 bits per heavy atom. The lowest BCUT2D eigenvalue weighted by atomic mass is 10.2. The Balaban J connectivity index is 1.99. The molecule has 0 aliphatic rings. The van der Waals surface area contributed by atoms with E-state index in [2.05, 4.69) is 15.5 Å². The number of carbonyl (C=O) groups is 1. The number of aryl methyl sites for hydroxylation is 1. The highest BCUT2D eigenvalue weighted by Crippen LogP contribution is 2.27. The van der Waals surface area contributed by atoms with Crippen LogP contribution in [0.1, 0.15) is 35.4 Å². The van der Waals surface area contributed by atoms with Crippen molar-refractivity contribution in [1.29, 1.82) is 0 Å². The lowest BCUT2D eigenvalue weighted by Crippen LogP contribution is -2.23. The van der Waals surface area contributed by atoms with Crippen molar-refractivity contribution in [2.24, 2.45) is 0 Å². The maximum Gasteiger partial charge on any atom is 0.251 e. The zero-order valence-corrected chi connectivity index (χ0v) is 12.9. The summed E-state index contributed by atoms with van der Waals surface area (Å²) in [6.45, 7) is 2.24. The number of ether oxygens (including phenoxy) is 2. The van der Waals surface area contributed by atoms with Crippen molar-refractivity contribution >= 4 is 5.91 Å². The molecule has 0 aliphatic carbocycles. The standard InChI is InChI=1S/C15H19N3O4/c1-4-5-14-17-13(18-22-14)9-16-15(19)10-6-7-11(20-2)12(8-10)21-3/h6-8H,4-5,9H2,1-3H3,(H,16,19). The zero-order valence-electron chi connectivity index (χ0n) is 12.9. The summed E-state index contributed by atoms with van der Waals surface area (Å²) in [6.07, 6.45) is 1.66. The number of methoxy groups -OCH3 is 2. The van der Waals surface area contributed by atoms with Gasteiger partial charge in [-0.15, -0.1) is 0 Å². The van der Waals surface area contributed by atoms with Gasteiger partial charge in [-0.05, 0) is 24.6 Å². The van der Waals surface area contributed by atoms with E-state index in [9.17, 15) is 4.79 Å². The van der Waals surface area contributed by atoms with E-state index in [0.717, 1.165) is 12.8 Å². The van der Waals surface area contributed by atoms with Gasteiger partial charge < -0.3 is 19.3 Å². The minimum absolute atomic E-state index is 0.209. The van der Waals surface area contributed by atoms with Crippen molar-refractivity contribution in [3.8, 4) is 11.5 Å². The highest BCUT2D eigenvalue weighted by Gasteiger charge is 2.12. The normalized spacial score (nSPS) is 10.3. The second kappa shape index (κ2) is 7.44. The van der Waals surface area contributed by atoms with Crippen LogP contribution in [0.2, 0.25) is 0 Å². The number of rotatable bonds is 7. The summed E-state index contributed by atoms with van der Waals surface area (Å²) in [7, 11) is 3.07. The summed E-state index contributed by atoms with van der Waals surface area (Å²) in [5.74, 6) is 1.86. The van der Waals surface area contributed by atoms with Crippen molar-refractivity contribution in [2.45, 2.75) is 26.3 Å². The molecule has 0 fully saturated rings. The van der Waals surface area contributed by atoms with Gasteiger partial charge in [0.1, 0.15) is 0 Å². The fraction of sp³-hybridized carbons (Fsp3) is 0.400. The van der Waals surface area contributed by atoms with Gasteiger partial charge >= 0.3 is 0 Å². The highest BCUT2D eigenvalue weighted by molar-refractivity contribution is 5.94. The van der Waals surface area contributed by atoms with Crippen LogP contribution < -0.4 is 14.8 Å². The number of aromatic nitrogens is 2. The molecule has 1 N–H and O–H groups in total. The lowest BCUT2D eigenvalue weighted by Gasteiger charge is -2.09. The quantitative estimate of drug-likeness (QED) is 0.841. The maximum absolute atomic E-state index is 12.1. The molecule has 118 valence electrons. The van der Waals surface area contributed by atoms with E-state index in [4.69, 9.17) is 14.0 Å². The first-order chi connectivity index (χ1) is 10.7. The van der Waals surface area contributed by atoms with E-state index in [1.807, 2.05) is 6.92 Å². The average molecular weight is 305 g/mol. The summed E-state index contributed by atoms with van der Waals surface area (Å²) < 4.78 is 15.4. The summed E-state index contributed by atoms with van der Waals surface area (Å²) >= 11 is 0. The molecule has 1 aromatic heterocycles. The van der Waals surface area contributed by atoms with Gasteiger partial charge in [-0.2, -0.15) is 4.98 Å². The van der Waals surface area contributed by atoms with Crippen molar-refractivity contribution in [3.05, 3.63) is 35.5 Å². The van der Waals surface area contributed by atoms with Crippen LogP contribution in [0.3, 0.4) is 0 Å². The molecule has 1 aromatic carbocycles. The molecule has 2 aromatic rings. The summed E-state index contributed by atoms with van der Waals surface area (Å²) in [5, 5.41) is 6.56.